The van der Waals surface area contributed by atoms with Crippen LogP contribution in [-0.2, 0) is 4.74 Å². The van der Waals surface area contributed by atoms with Crippen LogP contribution < -0.4 is 5.32 Å². The first kappa shape index (κ1) is 16.5. The van der Waals surface area contributed by atoms with Crippen molar-refractivity contribution in [3.05, 3.63) is 35.9 Å². The molecule has 1 aromatic carbocycles. The molecule has 0 bridgehead atoms. The van der Waals surface area contributed by atoms with Crippen molar-refractivity contribution < 1.29 is 4.74 Å². The van der Waals surface area contributed by atoms with Crippen molar-refractivity contribution in [1.82, 2.24) is 10.2 Å². The summed E-state index contributed by atoms with van der Waals surface area (Å²) in [6.45, 7) is 11.7. The SMILES string of the molecule is CC(C)CCOCCN1CC(c2ccccc2)NCC1C. The van der Waals surface area contributed by atoms with Gasteiger partial charge in [0, 0.05) is 38.3 Å². The Morgan fingerprint density at radius 1 is 1.24 bits per heavy atom. The molecule has 1 heterocycles. The largest absolute Gasteiger partial charge is 0.380 e. The summed E-state index contributed by atoms with van der Waals surface area (Å²) in [7, 11) is 0. The highest BCUT2D eigenvalue weighted by Crippen LogP contribution is 2.19. The van der Waals surface area contributed by atoms with Crippen molar-refractivity contribution in [2.45, 2.75) is 39.3 Å². The number of hydrogen-bond acceptors (Lipinski definition) is 3. The number of ether oxygens (including phenoxy) is 1. The minimum absolute atomic E-state index is 0.443. The fourth-order valence-electron chi connectivity index (χ4n) is 2.74. The lowest BCUT2D eigenvalue weighted by molar-refractivity contribution is 0.0659. The van der Waals surface area contributed by atoms with Gasteiger partial charge in [-0.3, -0.25) is 4.90 Å². The van der Waals surface area contributed by atoms with Gasteiger partial charge in [0.15, 0.2) is 0 Å². The molecule has 21 heavy (non-hydrogen) atoms. The van der Waals surface area contributed by atoms with Crippen LogP contribution in [0.2, 0.25) is 0 Å². The van der Waals surface area contributed by atoms with E-state index >= 15 is 0 Å². The molecule has 0 aromatic heterocycles. The molecule has 1 fully saturated rings. The predicted octanol–water partition coefficient (Wildman–Crippen LogP) is 3.08. The summed E-state index contributed by atoms with van der Waals surface area (Å²) in [6.07, 6.45) is 1.16. The van der Waals surface area contributed by atoms with Gasteiger partial charge < -0.3 is 10.1 Å². The van der Waals surface area contributed by atoms with Gasteiger partial charge in [-0.25, -0.2) is 0 Å². The standard InChI is InChI=1S/C18H30N2O/c1-15(2)9-11-21-12-10-20-14-18(19-13-16(20)3)17-7-5-4-6-8-17/h4-8,15-16,18-19H,9-14H2,1-3H3. The summed E-state index contributed by atoms with van der Waals surface area (Å²) in [5, 5.41) is 3.65. The molecule has 3 heteroatoms. The van der Waals surface area contributed by atoms with Crippen LogP contribution in [0.3, 0.4) is 0 Å². The van der Waals surface area contributed by atoms with Gasteiger partial charge >= 0.3 is 0 Å². The summed E-state index contributed by atoms with van der Waals surface area (Å²) in [6, 6.07) is 11.8. The van der Waals surface area contributed by atoms with Crippen LogP contribution in [0.4, 0.5) is 0 Å². The van der Waals surface area contributed by atoms with Crippen molar-refractivity contribution in [2.75, 3.05) is 32.8 Å². The zero-order valence-corrected chi connectivity index (χ0v) is 13.7. The first-order chi connectivity index (χ1) is 10.2. The van der Waals surface area contributed by atoms with E-state index in [1.54, 1.807) is 0 Å². The highest BCUT2D eigenvalue weighted by Gasteiger charge is 2.25. The lowest BCUT2D eigenvalue weighted by atomic mass is 10.0. The number of nitrogens with zero attached hydrogens (tertiary/aromatic N) is 1. The Morgan fingerprint density at radius 2 is 2.00 bits per heavy atom. The quantitative estimate of drug-likeness (QED) is 0.781. The Kier molecular flexibility index (Phi) is 6.68. The maximum absolute atomic E-state index is 5.77. The lowest BCUT2D eigenvalue weighted by Gasteiger charge is -2.39. The number of hydrogen-bond donors (Lipinski definition) is 1. The third kappa shape index (κ3) is 5.42. The number of piperazine rings is 1. The fourth-order valence-corrected chi connectivity index (χ4v) is 2.74. The van der Waals surface area contributed by atoms with Crippen LogP contribution in [0.15, 0.2) is 30.3 Å². The van der Waals surface area contributed by atoms with Crippen LogP contribution in [0.5, 0.6) is 0 Å². The van der Waals surface area contributed by atoms with Gasteiger partial charge in [0.05, 0.1) is 6.61 Å². The predicted molar refractivity (Wildman–Crippen MR) is 88.5 cm³/mol. The Morgan fingerprint density at radius 3 is 2.71 bits per heavy atom. The molecule has 3 nitrogen and oxygen atoms in total. The maximum Gasteiger partial charge on any atom is 0.0593 e. The van der Waals surface area contributed by atoms with Crippen molar-refractivity contribution in [3.63, 3.8) is 0 Å². The minimum atomic E-state index is 0.443. The van der Waals surface area contributed by atoms with Gasteiger partial charge in [-0.15, -0.1) is 0 Å². The molecule has 0 aliphatic carbocycles. The van der Waals surface area contributed by atoms with Crippen molar-refractivity contribution in [1.29, 1.82) is 0 Å². The van der Waals surface area contributed by atoms with Crippen molar-refractivity contribution in [2.24, 2.45) is 5.92 Å². The molecular formula is C18H30N2O. The third-order valence-electron chi connectivity index (χ3n) is 4.26. The van der Waals surface area contributed by atoms with Crippen LogP contribution in [0.25, 0.3) is 0 Å². The van der Waals surface area contributed by atoms with E-state index in [2.05, 4.69) is 61.3 Å². The summed E-state index contributed by atoms with van der Waals surface area (Å²) < 4.78 is 5.77. The topological polar surface area (TPSA) is 24.5 Å². The molecule has 2 unspecified atom stereocenters. The van der Waals surface area contributed by atoms with E-state index in [0.29, 0.717) is 12.1 Å². The molecule has 1 N–H and O–H groups in total. The van der Waals surface area contributed by atoms with E-state index in [1.807, 2.05) is 0 Å². The molecule has 1 aromatic rings. The number of rotatable bonds is 7. The Hall–Kier alpha value is -0.900. The smallest absolute Gasteiger partial charge is 0.0593 e. The Labute approximate surface area is 129 Å². The summed E-state index contributed by atoms with van der Waals surface area (Å²) >= 11 is 0. The number of nitrogens with one attached hydrogen (secondary N) is 1. The Balaban J connectivity index is 1.76. The van der Waals surface area contributed by atoms with Crippen LogP contribution in [-0.4, -0.2) is 43.8 Å². The summed E-state index contributed by atoms with van der Waals surface area (Å²) in [4.78, 5) is 2.55. The van der Waals surface area contributed by atoms with E-state index in [1.165, 1.54) is 5.56 Å². The van der Waals surface area contributed by atoms with Gasteiger partial charge in [-0.05, 0) is 24.8 Å². The molecule has 1 saturated heterocycles. The third-order valence-corrected chi connectivity index (χ3v) is 4.26. The van der Waals surface area contributed by atoms with E-state index in [4.69, 9.17) is 4.74 Å². The normalized spacial score (nSPS) is 23.6. The van der Waals surface area contributed by atoms with E-state index in [-0.39, 0.29) is 0 Å². The van der Waals surface area contributed by atoms with Crippen molar-refractivity contribution >= 4 is 0 Å². The molecule has 2 rings (SSSR count). The average molecular weight is 290 g/mol. The maximum atomic E-state index is 5.77. The molecular weight excluding hydrogens is 260 g/mol. The lowest BCUT2D eigenvalue weighted by Crippen LogP contribution is -2.52. The monoisotopic (exact) mass is 290 g/mol. The molecule has 2 atom stereocenters. The fraction of sp³-hybridized carbons (Fsp3) is 0.667. The highest BCUT2D eigenvalue weighted by atomic mass is 16.5. The van der Waals surface area contributed by atoms with Gasteiger partial charge in [0.1, 0.15) is 0 Å². The molecule has 0 saturated carbocycles. The second-order valence-electron chi connectivity index (χ2n) is 6.51. The van der Waals surface area contributed by atoms with Crippen LogP contribution in [0, 0.1) is 5.92 Å². The van der Waals surface area contributed by atoms with E-state index in [0.717, 1.165) is 45.2 Å². The zero-order valence-electron chi connectivity index (χ0n) is 13.7. The first-order valence-electron chi connectivity index (χ1n) is 8.27. The second kappa shape index (κ2) is 8.52. The van der Waals surface area contributed by atoms with E-state index < -0.39 is 0 Å². The molecule has 1 aliphatic heterocycles. The minimum Gasteiger partial charge on any atom is -0.380 e. The molecule has 0 radical (unpaired) electrons. The molecule has 1 aliphatic rings. The van der Waals surface area contributed by atoms with Gasteiger partial charge in [-0.2, -0.15) is 0 Å². The zero-order chi connectivity index (χ0) is 15.1. The second-order valence-corrected chi connectivity index (χ2v) is 6.51. The van der Waals surface area contributed by atoms with Gasteiger partial charge in [0.25, 0.3) is 0 Å². The van der Waals surface area contributed by atoms with Crippen molar-refractivity contribution in [3.8, 4) is 0 Å². The summed E-state index contributed by atoms with van der Waals surface area (Å²) in [5.41, 5.74) is 1.38. The van der Waals surface area contributed by atoms with E-state index in [9.17, 15) is 0 Å². The average Bonchev–Trinajstić information content (AvgIpc) is 2.49. The molecule has 118 valence electrons. The highest BCUT2D eigenvalue weighted by molar-refractivity contribution is 5.20. The van der Waals surface area contributed by atoms with Gasteiger partial charge in [-0.1, -0.05) is 44.2 Å². The van der Waals surface area contributed by atoms with Crippen LogP contribution >= 0.6 is 0 Å². The Bertz CT molecular complexity index is 393. The van der Waals surface area contributed by atoms with Crippen LogP contribution in [0.1, 0.15) is 38.8 Å². The van der Waals surface area contributed by atoms with Gasteiger partial charge in [0.2, 0.25) is 0 Å². The summed E-state index contributed by atoms with van der Waals surface area (Å²) in [5.74, 6) is 0.727. The number of benzene rings is 1. The first-order valence-corrected chi connectivity index (χ1v) is 8.27. The molecule has 0 spiro atoms. The molecule has 0 amide bonds.